The molecule has 10 atom stereocenters. The lowest BCUT2D eigenvalue weighted by Gasteiger charge is -2.58. The maximum atomic E-state index is 12.4. The Labute approximate surface area is 217 Å². The van der Waals surface area contributed by atoms with Crippen LogP contribution >= 0.6 is 0 Å². The Morgan fingerprint density at radius 1 is 1.11 bits per heavy atom. The Morgan fingerprint density at radius 2 is 1.89 bits per heavy atom. The average Bonchev–Trinajstić information content (AvgIpc) is 3.44. The summed E-state index contributed by atoms with van der Waals surface area (Å²) < 4.78 is 12.5. The molecule has 5 nitrogen and oxygen atoms in total. The first-order valence-electron chi connectivity index (χ1n) is 14.5. The third-order valence-electron chi connectivity index (χ3n) is 11.7. The van der Waals surface area contributed by atoms with Crippen LogP contribution in [0.4, 0.5) is 0 Å². The fourth-order valence-electron chi connectivity index (χ4n) is 10.2. The van der Waals surface area contributed by atoms with Crippen molar-refractivity contribution in [3.8, 4) is 0 Å². The zero-order chi connectivity index (χ0) is 25.6. The van der Waals surface area contributed by atoms with Crippen molar-refractivity contribution in [1.82, 2.24) is 4.90 Å². The van der Waals surface area contributed by atoms with E-state index < -0.39 is 0 Å². The van der Waals surface area contributed by atoms with Gasteiger partial charge in [-0.25, -0.2) is 0 Å². The van der Waals surface area contributed by atoms with Gasteiger partial charge in [0.05, 0.1) is 6.04 Å². The highest BCUT2D eigenvalue weighted by Crippen LogP contribution is 2.69. The van der Waals surface area contributed by atoms with E-state index in [-0.39, 0.29) is 41.0 Å². The van der Waals surface area contributed by atoms with Crippen LogP contribution in [0.5, 0.6) is 0 Å². The Balaban J connectivity index is 1.25. The molecule has 0 aromatic carbocycles. The lowest BCUT2D eigenvalue weighted by Crippen LogP contribution is -2.50. The van der Waals surface area contributed by atoms with Gasteiger partial charge in [0.1, 0.15) is 18.0 Å². The van der Waals surface area contributed by atoms with Gasteiger partial charge in [-0.1, -0.05) is 32.4 Å². The molecule has 198 valence electrons. The predicted molar refractivity (Wildman–Crippen MR) is 139 cm³/mol. The monoisotopic (exact) mass is 495 g/mol. The van der Waals surface area contributed by atoms with Crippen LogP contribution in [-0.4, -0.2) is 41.6 Å². The lowest BCUT2D eigenvalue weighted by atomic mass is 9.47. The highest BCUT2D eigenvalue weighted by atomic mass is 16.5. The summed E-state index contributed by atoms with van der Waals surface area (Å²) in [7, 11) is 0. The summed E-state index contributed by atoms with van der Waals surface area (Å²) in [6.45, 7) is 13.7. The minimum absolute atomic E-state index is 0.0607. The predicted octanol–water partition coefficient (Wildman–Crippen LogP) is 6.04. The molecular weight excluding hydrogens is 450 g/mol. The summed E-state index contributed by atoms with van der Waals surface area (Å²) in [6.07, 6.45) is 11.8. The van der Waals surface area contributed by atoms with Crippen LogP contribution in [0, 0.1) is 40.4 Å². The Hall–Kier alpha value is -1.78. The number of hydrogen-bond donors (Lipinski definition) is 0. The second-order valence-electron chi connectivity index (χ2n) is 13.7. The number of hydrogen-bond acceptors (Lipinski definition) is 4. The summed E-state index contributed by atoms with van der Waals surface area (Å²) in [6, 6.07) is 0.132. The van der Waals surface area contributed by atoms with E-state index in [1.807, 2.05) is 0 Å². The van der Waals surface area contributed by atoms with E-state index in [0.29, 0.717) is 23.7 Å². The number of carbonyl (C=O) groups excluding carboxylic acids is 2. The summed E-state index contributed by atoms with van der Waals surface area (Å²) in [4.78, 5) is 26.0. The van der Waals surface area contributed by atoms with E-state index in [1.165, 1.54) is 25.3 Å². The molecule has 36 heavy (non-hydrogen) atoms. The number of carbonyl (C=O) groups is 2. The maximum Gasteiger partial charge on any atom is 0.302 e. The zero-order valence-electron chi connectivity index (χ0n) is 23.1. The molecule has 2 aliphatic heterocycles. The molecule has 0 unspecified atom stereocenters. The largest absolute Gasteiger partial charge is 0.492 e. The molecule has 0 spiro atoms. The number of allylic oxidation sites excluding steroid dienone is 1. The molecule has 0 N–H and O–H groups in total. The van der Waals surface area contributed by atoms with Gasteiger partial charge in [0.2, 0.25) is 5.91 Å². The first-order valence-corrected chi connectivity index (χ1v) is 14.5. The highest BCUT2D eigenvalue weighted by Gasteiger charge is 2.64. The third kappa shape index (κ3) is 3.46. The number of amides is 1. The number of esters is 1. The first kappa shape index (κ1) is 24.6. The minimum atomic E-state index is -0.148. The molecular formula is C31H45NO4. The number of likely N-dealkylation sites (tertiary alicyclic amines) is 1. The molecule has 4 fully saturated rings. The molecule has 0 radical (unpaired) electrons. The second kappa shape index (κ2) is 8.36. The van der Waals surface area contributed by atoms with Gasteiger partial charge in [0.25, 0.3) is 0 Å². The van der Waals surface area contributed by atoms with Gasteiger partial charge in [-0.15, -0.1) is 0 Å². The molecule has 0 aromatic heterocycles. The quantitative estimate of drug-likeness (QED) is 0.346. The van der Waals surface area contributed by atoms with Crippen molar-refractivity contribution in [1.29, 1.82) is 0 Å². The van der Waals surface area contributed by atoms with Crippen LogP contribution in [0.15, 0.2) is 23.0 Å². The van der Waals surface area contributed by atoms with Crippen molar-refractivity contribution in [2.24, 2.45) is 40.4 Å². The van der Waals surface area contributed by atoms with Crippen molar-refractivity contribution in [3.05, 3.63) is 23.0 Å². The molecule has 0 bridgehead atoms. The SMILES string of the molecule is CC(=O)O[C@H]1CC[C@@]2(C)C(=CC[C@H]3[C@@H]4C[C@@H]5OC([C@H]6C[C@@H](C)CN6C(C)=O)=C(C)[C@@H]5[C@@]4(C)CC[C@@H]32)C1. The Kier molecular flexibility index (Phi) is 5.70. The smallest absolute Gasteiger partial charge is 0.302 e. The van der Waals surface area contributed by atoms with Crippen LogP contribution in [0.25, 0.3) is 0 Å². The number of fused-ring (bicyclic) bond motifs is 7. The van der Waals surface area contributed by atoms with Crippen molar-refractivity contribution < 1.29 is 19.1 Å². The van der Waals surface area contributed by atoms with Crippen molar-refractivity contribution in [3.63, 3.8) is 0 Å². The van der Waals surface area contributed by atoms with Crippen molar-refractivity contribution in [2.45, 2.75) is 111 Å². The highest BCUT2D eigenvalue weighted by molar-refractivity contribution is 5.74. The van der Waals surface area contributed by atoms with Gasteiger partial charge in [-0.05, 0) is 91.9 Å². The Bertz CT molecular complexity index is 1030. The van der Waals surface area contributed by atoms with Gasteiger partial charge in [0.15, 0.2) is 0 Å². The van der Waals surface area contributed by atoms with Gasteiger partial charge >= 0.3 is 5.97 Å². The van der Waals surface area contributed by atoms with E-state index in [2.05, 4.69) is 38.7 Å². The molecule has 3 saturated carbocycles. The fourth-order valence-corrected chi connectivity index (χ4v) is 10.2. The number of rotatable bonds is 2. The van der Waals surface area contributed by atoms with Crippen molar-refractivity contribution >= 4 is 11.9 Å². The number of ether oxygens (including phenoxy) is 2. The lowest BCUT2D eigenvalue weighted by molar-refractivity contribution is -0.148. The van der Waals surface area contributed by atoms with Crippen LogP contribution in [0.2, 0.25) is 0 Å². The average molecular weight is 496 g/mol. The van der Waals surface area contributed by atoms with E-state index in [9.17, 15) is 9.59 Å². The van der Waals surface area contributed by atoms with Crippen LogP contribution in [0.3, 0.4) is 0 Å². The minimum Gasteiger partial charge on any atom is -0.492 e. The molecule has 6 rings (SSSR count). The normalized spacial score (nSPS) is 47.4. The fraction of sp³-hybridized carbons (Fsp3) is 0.806. The van der Waals surface area contributed by atoms with E-state index in [4.69, 9.17) is 9.47 Å². The summed E-state index contributed by atoms with van der Waals surface area (Å²) >= 11 is 0. The molecule has 2 heterocycles. The second-order valence-corrected chi connectivity index (χ2v) is 13.7. The molecule has 6 aliphatic rings. The van der Waals surface area contributed by atoms with E-state index in [1.54, 1.807) is 12.5 Å². The summed E-state index contributed by atoms with van der Waals surface area (Å²) in [5.41, 5.74) is 3.52. The summed E-state index contributed by atoms with van der Waals surface area (Å²) in [5, 5.41) is 0. The number of nitrogens with zero attached hydrogens (tertiary/aromatic N) is 1. The standard InChI is InChI=1S/C31H45NO4/c1-17-13-26(32(16-17)19(3)33)29-18(2)28-27(36-29)15-25-23-8-7-21-14-22(35-20(4)34)9-11-30(21,5)24(23)10-12-31(25,28)6/h7,17,22-28H,8-16H2,1-6H3/t17-,22+,23-,24+,25+,26-,27+,28+,30+,31+/m1/s1. The van der Waals surface area contributed by atoms with Gasteiger partial charge in [-0.3, -0.25) is 9.59 Å². The summed E-state index contributed by atoms with van der Waals surface area (Å²) in [5.74, 6) is 4.31. The van der Waals surface area contributed by atoms with Gasteiger partial charge in [-0.2, -0.15) is 0 Å². The Morgan fingerprint density at radius 3 is 2.61 bits per heavy atom. The van der Waals surface area contributed by atoms with Gasteiger partial charge in [0, 0.05) is 32.7 Å². The molecule has 1 saturated heterocycles. The molecule has 5 heteroatoms. The first-order chi connectivity index (χ1) is 17.0. The third-order valence-corrected chi connectivity index (χ3v) is 11.7. The van der Waals surface area contributed by atoms with E-state index >= 15 is 0 Å². The van der Waals surface area contributed by atoms with Crippen LogP contribution in [0.1, 0.15) is 92.9 Å². The van der Waals surface area contributed by atoms with Crippen molar-refractivity contribution in [2.75, 3.05) is 6.54 Å². The van der Waals surface area contributed by atoms with Crippen LogP contribution in [-0.2, 0) is 19.1 Å². The molecule has 1 amide bonds. The van der Waals surface area contributed by atoms with E-state index in [0.717, 1.165) is 56.7 Å². The molecule has 4 aliphatic carbocycles. The van der Waals surface area contributed by atoms with Gasteiger partial charge < -0.3 is 14.4 Å². The molecule has 0 aromatic rings. The topological polar surface area (TPSA) is 55.8 Å². The maximum absolute atomic E-state index is 12.4. The van der Waals surface area contributed by atoms with Crippen LogP contribution < -0.4 is 0 Å². The zero-order valence-corrected chi connectivity index (χ0v) is 23.1.